The van der Waals surface area contributed by atoms with Gasteiger partial charge in [-0.25, -0.2) is 9.13 Å². The van der Waals surface area contributed by atoms with Crippen molar-refractivity contribution in [2.24, 2.45) is 11.8 Å². The molecule has 3 N–H and O–H groups in total. The molecule has 0 heterocycles. The summed E-state index contributed by atoms with van der Waals surface area (Å²) in [7, 11) is -9.93. The second-order valence-electron chi connectivity index (χ2n) is 25.0. The summed E-state index contributed by atoms with van der Waals surface area (Å²) in [6, 6.07) is 0. The third kappa shape index (κ3) is 62.5. The first kappa shape index (κ1) is 87.0. The average molecular weight is 1320 g/mol. The molecule has 0 saturated carbocycles. The number of carbonyl (C=O) groups is 4. The number of aliphatic hydroxyl groups is 1. The van der Waals surface area contributed by atoms with Gasteiger partial charge in [0.15, 0.2) is 12.2 Å². The molecule has 0 amide bonds. The van der Waals surface area contributed by atoms with Gasteiger partial charge >= 0.3 is 39.5 Å². The number of hydrogen-bond acceptors (Lipinski definition) is 15. The summed E-state index contributed by atoms with van der Waals surface area (Å²) in [5, 5.41) is 10.6. The monoisotopic (exact) mass is 1320 g/mol. The van der Waals surface area contributed by atoms with Gasteiger partial charge in [-0.05, 0) is 88.9 Å². The first-order valence-electron chi connectivity index (χ1n) is 35.7. The van der Waals surface area contributed by atoms with E-state index in [1.165, 1.54) is 89.9 Å². The summed E-state index contributed by atoms with van der Waals surface area (Å²) in [5.41, 5.74) is 0. The Morgan fingerprint density at radius 3 is 0.989 bits per heavy atom. The molecule has 19 heteroatoms. The third-order valence-electron chi connectivity index (χ3n) is 15.6. The van der Waals surface area contributed by atoms with E-state index in [0.717, 1.165) is 134 Å². The molecule has 90 heavy (non-hydrogen) atoms. The molecule has 0 aromatic heterocycles. The van der Waals surface area contributed by atoms with Crippen molar-refractivity contribution in [1.29, 1.82) is 0 Å². The van der Waals surface area contributed by atoms with Gasteiger partial charge < -0.3 is 33.8 Å². The number of carbonyl (C=O) groups excluding carboxylic acids is 4. The van der Waals surface area contributed by atoms with Crippen molar-refractivity contribution in [3.63, 3.8) is 0 Å². The number of unbranched alkanes of at least 4 members (excludes halogenated alkanes) is 29. The van der Waals surface area contributed by atoms with Crippen LogP contribution in [0.3, 0.4) is 0 Å². The molecule has 0 aliphatic carbocycles. The number of phosphoric acid groups is 2. The fraction of sp³-hybridized carbons (Fsp3) is 0.831. The quantitative estimate of drug-likeness (QED) is 0.0169. The minimum Gasteiger partial charge on any atom is -0.462 e. The van der Waals surface area contributed by atoms with Gasteiger partial charge in [-0.3, -0.25) is 37.3 Å². The van der Waals surface area contributed by atoms with Crippen molar-refractivity contribution in [2.75, 3.05) is 39.6 Å². The highest BCUT2D eigenvalue weighted by Crippen LogP contribution is 2.45. The Labute approximate surface area is 547 Å². The number of phosphoric ester groups is 2. The lowest BCUT2D eigenvalue weighted by molar-refractivity contribution is -0.161. The normalized spacial score (nSPS) is 14.8. The molecule has 17 nitrogen and oxygen atoms in total. The van der Waals surface area contributed by atoms with Gasteiger partial charge in [0.1, 0.15) is 19.3 Å². The predicted molar refractivity (Wildman–Crippen MR) is 363 cm³/mol. The first-order chi connectivity index (χ1) is 43.4. The van der Waals surface area contributed by atoms with E-state index in [4.69, 9.17) is 37.0 Å². The fourth-order valence-electron chi connectivity index (χ4n) is 9.66. The second-order valence-corrected chi connectivity index (χ2v) is 27.9. The highest BCUT2D eigenvalue weighted by molar-refractivity contribution is 7.47. The van der Waals surface area contributed by atoms with Crippen molar-refractivity contribution < 1.29 is 80.2 Å². The van der Waals surface area contributed by atoms with Crippen LogP contribution in [-0.4, -0.2) is 96.7 Å². The van der Waals surface area contributed by atoms with E-state index in [1.807, 2.05) is 0 Å². The molecule has 0 aliphatic rings. The molecule has 0 saturated heterocycles. The molecular formula is C71H130O17P2. The van der Waals surface area contributed by atoms with Crippen molar-refractivity contribution in [2.45, 2.75) is 330 Å². The van der Waals surface area contributed by atoms with Crippen LogP contribution < -0.4 is 0 Å². The van der Waals surface area contributed by atoms with Crippen LogP contribution in [-0.2, 0) is 65.4 Å². The predicted octanol–water partition coefficient (Wildman–Crippen LogP) is 19.5. The molecule has 3 unspecified atom stereocenters. The smallest absolute Gasteiger partial charge is 0.462 e. The van der Waals surface area contributed by atoms with E-state index in [9.17, 15) is 43.2 Å². The number of esters is 4. The van der Waals surface area contributed by atoms with Gasteiger partial charge in [-0.15, -0.1) is 0 Å². The highest BCUT2D eigenvalue weighted by atomic mass is 31.2. The van der Waals surface area contributed by atoms with E-state index in [1.54, 1.807) is 0 Å². The van der Waals surface area contributed by atoms with Crippen molar-refractivity contribution in [3.8, 4) is 0 Å². The van der Waals surface area contributed by atoms with Crippen LogP contribution in [0, 0.1) is 11.8 Å². The van der Waals surface area contributed by atoms with Gasteiger partial charge in [0.2, 0.25) is 0 Å². The Balaban J connectivity index is 5.30. The van der Waals surface area contributed by atoms with Crippen LogP contribution in [0.1, 0.15) is 311 Å². The molecule has 0 radical (unpaired) electrons. The van der Waals surface area contributed by atoms with Gasteiger partial charge in [0.25, 0.3) is 0 Å². The summed E-state index contributed by atoms with van der Waals surface area (Å²) < 4.78 is 68.2. The highest BCUT2D eigenvalue weighted by Gasteiger charge is 2.30. The molecule has 0 rings (SSSR count). The molecule has 0 fully saturated rings. The average Bonchev–Trinajstić information content (AvgIpc) is 3.07. The number of hydrogen-bond donors (Lipinski definition) is 3. The van der Waals surface area contributed by atoms with Crippen LogP contribution in [0.2, 0.25) is 0 Å². The van der Waals surface area contributed by atoms with Crippen LogP contribution in [0.4, 0.5) is 0 Å². The molecule has 0 bridgehead atoms. The van der Waals surface area contributed by atoms with Crippen molar-refractivity contribution >= 4 is 39.5 Å². The van der Waals surface area contributed by atoms with Gasteiger partial charge in [-0.1, -0.05) is 257 Å². The van der Waals surface area contributed by atoms with Crippen LogP contribution >= 0.6 is 15.6 Å². The molecule has 0 aliphatic heterocycles. The van der Waals surface area contributed by atoms with Crippen molar-refractivity contribution in [3.05, 3.63) is 48.6 Å². The van der Waals surface area contributed by atoms with E-state index in [-0.39, 0.29) is 25.7 Å². The third-order valence-corrected chi connectivity index (χ3v) is 17.5. The van der Waals surface area contributed by atoms with Crippen LogP contribution in [0.5, 0.6) is 0 Å². The maximum Gasteiger partial charge on any atom is 0.472 e. The number of aliphatic hydroxyl groups excluding tert-OH is 1. The van der Waals surface area contributed by atoms with Crippen LogP contribution in [0.15, 0.2) is 48.6 Å². The van der Waals surface area contributed by atoms with Gasteiger partial charge in [0, 0.05) is 25.7 Å². The zero-order chi connectivity index (χ0) is 66.5. The number of rotatable bonds is 66. The SMILES string of the molecule is CCCCCC/C=C\C=C/CCCCCCCC(=O)OC[C@H](COP(=O)(O)OC[C@@H](O)COP(=O)(O)OC[C@@H](COC(=O)CCCCCCCCC(C)CC)OC(=O)CCCCCCC/C=C\C=C/CCCCCC)OC(=O)CCCCCCCCCC(C)C. The zero-order valence-corrected chi connectivity index (χ0v) is 59.2. The second kappa shape index (κ2) is 62.2. The standard InChI is InChI=1S/C71H130O17P2/c1-7-10-12-14-16-18-20-22-24-26-28-30-34-41-47-53-68(73)81-59-66(88-71(76)56-50-44-36-32-33-39-45-51-63(4)5)61-85-89(77,78)83-57-65(72)58-84-90(79,80)86-62-67(60-82-69(74)54-48-42-38-37-40-46-52-64(6)9-3)87-70(75)55-49-43-35-31-29-27-25-23-21-19-17-15-13-11-8-2/h18-25,63-67,72H,7-17,26-62H2,1-6H3,(H,77,78)(H,79,80)/b20-18-,21-19-,24-22-,25-23-/t64?,65-,66-,67-/m1/s1. The lowest BCUT2D eigenvalue weighted by Gasteiger charge is -2.21. The van der Waals surface area contributed by atoms with E-state index < -0.39 is 97.5 Å². The van der Waals surface area contributed by atoms with Gasteiger partial charge in [-0.2, -0.15) is 0 Å². The lowest BCUT2D eigenvalue weighted by atomic mass is 10.00. The van der Waals surface area contributed by atoms with E-state index >= 15 is 0 Å². The topological polar surface area (TPSA) is 237 Å². The summed E-state index contributed by atoms with van der Waals surface area (Å²) in [6.07, 6.45) is 53.1. The minimum atomic E-state index is -4.96. The Hall–Kier alpha value is -2.98. The Bertz CT molecular complexity index is 1940. The lowest BCUT2D eigenvalue weighted by Crippen LogP contribution is -2.30. The van der Waals surface area contributed by atoms with Gasteiger partial charge in [0.05, 0.1) is 26.4 Å². The number of allylic oxidation sites excluding steroid dienone is 8. The van der Waals surface area contributed by atoms with E-state index in [0.29, 0.717) is 31.6 Å². The molecule has 6 atom stereocenters. The maximum atomic E-state index is 13.0. The molecule has 0 spiro atoms. The molecule has 0 aromatic rings. The summed E-state index contributed by atoms with van der Waals surface area (Å²) in [4.78, 5) is 72.5. The summed E-state index contributed by atoms with van der Waals surface area (Å²) >= 11 is 0. The minimum absolute atomic E-state index is 0.0814. The fourth-order valence-corrected chi connectivity index (χ4v) is 11.2. The Morgan fingerprint density at radius 2 is 0.656 bits per heavy atom. The number of ether oxygens (including phenoxy) is 4. The Morgan fingerprint density at radius 1 is 0.367 bits per heavy atom. The maximum absolute atomic E-state index is 13.0. The van der Waals surface area contributed by atoms with E-state index in [2.05, 4.69) is 90.2 Å². The largest absolute Gasteiger partial charge is 0.472 e. The Kier molecular flexibility index (Phi) is 60.1. The summed E-state index contributed by atoms with van der Waals surface area (Å²) in [5.74, 6) is -0.772. The first-order valence-corrected chi connectivity index (χ1v) is 38.7. The molecular weight excluding hydrogens is 1190 g/mol. The zero-order valence-electron chi connectivity index (χ0n) is 57.4. The summed E-state index contributed by atoms with van der Waals surface area (Å²) in [6.45, 7) is 9.30. The molecule has 526 valence electrons. The van der Waals surface area contributed by atoms with Crippen LogP contribution in [0.25, 0.3) is 0 Å². The molecule has 0 aromatic carbocycles. The van der Waals surface area contributed by atoms with Crippen molar-refractivity contribution in [1.82, 2.24) is 0 Å².